The SMILES string of the molecule is CCN(CC(N)C1CCCCC1)C(C)COC. The number of hydrogen-bond donors (Lipinski definition) is 1. The van der Waals surface area contributed by atoms with Gasteiger partial charge in [0.05, 0.1) is 6.61 Å². The number of methoxy groups -OCH3 is 1. The lowest BCUT2D eigenvalue weighted by Gasteiger charge is -2.34. The molecule has 0 bridgehead atoms. The maximum atomic E-state index is 6.38. The van der Waals surface area contributed by atoms with Gasteiger partial charge in [-0.2, -0.15) is 0 Å². The summed E-state index contributed by atoms with van der Waals surface area (Å²) < 4.78 is 5.23. The van der Waals surface area contributed by atoms with Crippen molar-refractivity contribution in [2.45, 2.75) is 58.0 Å². The van der Waals surface area contributed by atoms with E-state index in [1.807, 2.05) is 0 Å². The quantitative estimate of drug-likeness (QED) is 0.744. The highest BCUT2D eigenvalue weighted by atomic mass is 16.5. The van der Waals surface area contributed by atoms with Crippen LogP contribution >= 0.6 is 0 Å². The lowest BCUT2D eigenvalue weighted by atomic mass is 9.84. The second-order valence-corrected chi connectivity index (χ2v) is 5.45. The summed E-state index contributed by atoms with van der Waals surface area (Å²) in [6.45, 7) is 7.31. The molecule has 0 aromatic rings. The zero-order chi connectivity index (χ0) is 12.7. The van der Waals surface area contributed by atoms with Crippen molar-refractivity contribution in [3.63, 3.8) is 0 Å². The van der Waals surface area contributed by atoms with E-state index in [0.717, 1.165) is 25.6 Å². The Morgan fingerprint density at radius 2 is 1.94 bits per heavy atom. The average molecular weight is 242 g/mol. The lowest BCUT2D eigenvalue weighted by Crippen LogP contribution is -2.47. The van der Waals surface area contributed by atoms with Crippen LogP contribution in [0.2, 0.25) is 0 Å². The molecule has 1 aliphatic rings. The van der Waals surface area contributed by atoms with Crippen molar-refractivity contribution in [3.8, 4) is 0 Å². The Hall–Kier alpha value is -0.120. The van der Waals surface area contributed by atoms with Crippen LogP contribution in [0.5, 0.6) is 0 Å². The van der Waals surface area contributed by atoms with Crippen molar-refractivity contribution in [2.24, 2.45) is 11.7 Å². The molecule has 0 amide bonds. The molecule has 0 saturated heterocycles. The second kappa shape index (κ2) is 8.06. The molecule has 1 fully saturated rings. The molecule has 1 aliphatic carbocycles. The third-order valence-electron chi connectivity index (χ3n) is 4.14. The number of ether oxygens (including phenoxy) is 1. The van der Waals surface area contributed by atoms with Crippen LogP contribution < -0.4 is 5.73 Å². The number of nitrogens with two attached hydrogens (primary N) is 1. The van der Waals surface area contributed by atoms with Gasteiger partial charge in [-0.3, -0.25) is 4.90 Å². The minimum Gasteiger partial charge on any atom is -0.383 e. The van der Waals surface area contributed by atoms with Crippen molar-refractivity contribution >= 4 is 0 Å². The fourth-order valence-electron chi connectivity index (χ4n) is 2.95. The van der Waals surface area contributed by atoms with E-state index < -0.39 is 0 Å². The van der Waals surface area contributed by atoms with Crippen LogP contribution in [-0.4, -0.2) is 43.8 Å². The van der Waals surface area contributed by atoms with Gasteiger partial charge in [-0.1, -0.05) is 26.2 Å². The van der Waals surface area contributed by atoms with Crippen LogP contribution in [0.3, 0.4) is 0 Å². The molecule has 0 heterocycles. The maximum Gasteiger partial charge on any atom is 0.0615 e. The molecule has 0 spiro atoms. The van der Waals surface area contributed by atoms with Gasteiger partial charge in [0.2, 0.25) is 0 Å². The Kier molecular flexibility index (Phi) is 7.09. The lowest BCUT2D eigenvalue weighted by molar-refractivity contribution is 0.0910. The van der Waals surface area contributed by atoms with Gasteiger partial charge >= 0.3 is 0 Å². The van der Waals surface area contributed by atoms with Gasteiger partial charge in [-0.25, -0.2) is 0 Å². The Labute approximate surface area is 107 Å². The normalized spacial score (nSPS) is 21.7. The first-order valence-corrected chi connectivity index (χ1v) is 7.17. The molecule has 3 heteroatoms. The highest BCUT2D eigenvalue weighted by Crippen LogP contribution is 2.26. The largest absolute Gasteiger partial charge is 0.383 e. The Morgan fingerprint density at radius 1 is 1.29 bits per heavy atom. The number of hydrogen-bond acceptors (Lipinski definition) is 3. The van der Waals surface area contributed by atoms with Crippen LogP contribution in [0, 0.1) is 5.92 Å². The van der Waals surface area contributed by atoms with Crippen molar-refractivity contribution < 1.29 is 4.74 Å². The molecule has 0 aliphatic heterocycles. The van der Waals surface area contributed by atoms with Gasteiger partial charge in [0.25, 0.3) is 0 Å². The smallest absolute Gasteiger partial charge is 0.0615 e. The van der Waals surface area contributed by atoms with E-state index in [2.05, 4.69) is 18.7 Å². The Morgan fingerprint density at radius 3 is 2.47 bits per heavy atom. The van der Waals surface area contributed by atoms with E-state index in [1.165, 1.54) is 32.1 Å². The third kappa shape index (κ3) is 4.94. The molecule has 0 aromatic carbocycles. The van der Waals surface area contributed by atoms with E-state index in [0.29, 0.717) is 12.1 Å². The third-order valence-corrected chi connectivity index (χ3v) is 4.14. The maximum absolute atomic E-state index is 6.38. The predicted molar refractivity (Wildman–Crippen MR) is 73.1 cm³/mol. The first-order chi connectivity index (χ1) is 8.19. The van der Waals surface area contributed by atoms with Crippen molar-refractivity contribution in [3.05, 3.63) is 0 Å². The van der Waals surface area contributed by atoms with Gasteiger partial charge in [-0.05, 0) is 32.2 Å². The van der Waals surface area contributed by atoms with Crippen LogP contribution in [0.1, 0.15) is 46.0 Å². The van der Waals surface area contributed by atoms with Crippen LogP contribution in [-0.2, 0) is 4.74 Å². The number of likely N-dealkylation sites (N-methyl/N-ethyl adjacent to an activating group) is 1. The number of rotatable bonds is 7. The molecule has 2 unspecified atom stereocenters. The summed E-state index contributed by atoms with van der Waals surface area (Å²) in [5.41, 5.74) is 6.38. The standard InChI is InChI=1S/C14H30N2O/c1-4-16(12(2)11-17-3)10-14(15)13-8-6-5-7-9-13/h12-14H,4-11,15H2,1-3H3. The highest BCUT2D eigenvalue weighted by molar-refractivity contribution is 4.80. The zero-order valence-electron chi connectivity index (χ0n) is 11.8. The minimum atomic E-state index is 0.342. The molecule has 2 atom stereocenters. The first kappa shape index (κ1) is 14.9. The molecule has 0 radical (unpaired) electrons. The second-order valence-electron chi connectivity index (χ2n) is 5.45. The average Bonchev–Trinajstić information content (AvgIpc) is 2.37. The van der Waals surface area contributed by atoms with E-state index in [4.69, 9.17) is 10.5 Å². The highest BCUT2D eigenvalue weighted by Gasteiger charge is 2.23. The summed E-state index contributed by atoms with van der Waals surface area (Å²) in [5, 5.41) is 0. The zero-order valence-corrected chi connectivity index (χ0v) is 11.8. The monoisotopic (exact) mass is 242 g/mol. The fraction of sp³-hybridized carbons (Fsp3) is 1.00. The summed E-state index contributed by atoms with van der Waals surface area (Å²) in [4.78, 5) is 2.45. The van der Waals surface area contributed by atoms with E-state index in [9.17, 15) is 0 Å². The summed E-state index contributed by atoms with van der Waals surface area (Å²) in [7, 11) is 1.77. The summed E-state index contributed by atoms with van der Waals surface area (Å²) in [6.07, 6.45) is 6.81. The molecule has 1 saturated carbocycles. The summed E-state index contributed by atoms with van der Waals surface area (Å²) >= 11 is 0. The minimum absolute atomic E-state index is 0.342. The topological polar surface area (TPSA) is 38.5 Å². The Bertz CT molecular complexity index is 193. The van der Waals surface area contributed by atoms with Crippen LogP contribution in [0.4, 0.5) is 0 Å². The molecule has 2 N–H and O–H groups in total. The molecule has 3 nitrogen and oxygen atoms in total. The van der Waals surface area contributed by atoms with Crippen molar-refractivity contribution in [1.82, 2.24) is 4.90 Å². The molecular formula is C14H30N2O. The fourth-order valence-corrected chi connectivity index (χ4v) is 2.95. The number of nitrogens with zero attached hydrogens (tertiary/aromatic N) is 1. The molecule has 17 heavy (non-hydrogen) atoms. The predicted octanol–water partition coefficient (Wildman–Crippen LogP) is 2.25. The molecular weight excluding hydrogens is 212 g/mol. The van der Waals surface area contributed by atoms with Gasteiger partial charge in [-0.15, -0.1) is 0 Å². The van der Waals surface area contributed by atoms with Gasteiger partial charge in [0.1, 0.15) is 0 Å². The molecule has 1 rings (SSSR count). The van der Waals surface area contributed by atoms with Gasteiger partial charge < -0.3 is 10.5 Å². The van der Waals surface area contributed by atoms with Crippen LogP contribution in [0.15, 0.2) is 0 Å². The van der Waals surface area contributed by atoms with E-state index in [-0.39, 0.29) is 0 Å². The van der Waals surface area contributed by atoms with Crippen molar-refractivity contribution in [1.29, 1.82) is 0 Å². The first-order valence-electron chi connectivity index (χ1n) is 7.17. The Balaban J connectivity index is 2.37. The van der Waals surface area contributed by atoms with Gasteiger partial charge in [0, 0.05) is 25.7 Å². The summed E-state index contributed by atoms with van der Waals surface area (Å²) in [6, 6.07) is 0.814. The van der Waals surface area contributed by atoms with E-state index >= 15 is 0 Å². The molecule has 0 aromatic heterocycles. The van der Waals surface area contributed by atoms with Crippen LogP contribution in [0.25, 0.3) is 0 Å². The molecule has 102 valence electrons. The van der Waals surface area contributed by atoms with E-state index in [1.54, 1.807) is 7.11 Å². The van der Waals surface area contributed by atoms with Crippen molar-refractivity contribution in [2.75, 3.05) is 26.8 Å². The van der Waals surface area contributed by atoms with Gasteiger partial charge in [0.15, 0.2) is 0 Å². The summed E-state index contributed by atoms with van der Waals surface area (Å²) in [5.74, 6) is 0.743.